The molecule has 0 saturated heterocycles. The summed E-state index contributed by atoms with van der Waals surface area (Å²) >= 11 is 0. The second-order valence-electron chi connectivity index (χ2n) is 2.80. The summed E-state index contributed by atoms with van der Waals surface area (Å²) in [6, 6.07) is 9.38. The maximum atomic E-state index is 5.44. The van der Waals surface area contributed by atoms with Gasteiger partial charge in [0.05, 0.1) is 12.4 Å². The highest BCUT2D eigenvalue weighted by molar-refractivity contribution is 5.31. The van der Waals surface area contributed by atoms with Gasteiger partial charge in [-0.15, -0.1) is 0 Å². The summed E-state index contributed by atoms with van der Waals surface area (Å²) in [5, 5.41) is 0. The van der Waals surface area contributed by atoms with Crippen LogP contribution in [0.15, 0.2) is 42.7 Å². The number of anilines is 1. The summed E-state index contributed by atoms with van der Waals surface area (Å²) in [5.74, 6) is 6.81. The molecule has 1 heterocycles. The van der Waals surface area contributed by atoms with Gasteiger partial charge in [-0.05, 0) is 12.1 Å². The van der Waals surface area contributed by atoms with Crippen LogP contribution in [-0.2, 0) is 0 Å². The molecular weight excluding hydrogens is 192 g/mol. The lowest BCUT2D eigenvalue weighted by Gasteiger charge is -2.04. The monoisotopic (exact) mass is 202 g/mol. The van der Waals surface area contributed by atoms with Gasteiger partial charge in [0.25, 0.3) is 0 Å². The average molecular weight is 202 g/mol. The van der Waals surface area contributed by atoms with Crippen LogP contribution in [0.4, 0.5) is 5.82 Å². The highest BCUT2D eigenvalue weighted by Crippen LogP contribution is 2.17. The van der Waals surface area contributed by atoms with E-state index in [2.05, 4.69) is 15.4 Å². The number of aromatic nitrogens is 2. The van der Waals surface area contributed by atoms with Crippen molar-refractivity contribution in [1.82, 2.24) is 9.97 Å². The molecule has 1 aromatic heterocycles. The lowest BCUT2D eigenvalue weighted by molar-refractivity contribution is 0.460. The first kappa shape index (κ1) is 9.42. The summed E-state index contributed by atoms with van der Waals surface area (Å²) in [4.78, 5) is 7.99. The smallest absolute Gasteiger partial charge is 0.237 e. The molecule has 5 nitrogen and oxygen atoms in total. The lowest BCUT2D eigenvalue weighted by Crippen LogP contribution is -2.08. The molecule has 15 heavy (non-hydrogen) atoms. The molecule has 2 aromatic rings. The third kappa shape index (κ3) is 2.41. The van der Waals surface area contributed by atoms with Crippen LogP contribution in [0.3, 0.4) is 0 Å². The number of hydrazine groups is 1. The molecule has 1 aromatic carbocycles. The van der Waals surface area contributed by atoms with Gasteiger partial charge >= 0.3 is 0 Å². The predicted molar refractivity (Wildman–Crippen MR) is 56.4 cm³/mol. The second kappa shape index (κ2) is 4.39. The molecule has 0 spiro atoms. The van der Waals surface area contributed by atoms with E-state index >= 15 is 0 Å². The third-order valence-corrected chi connectivity index (χ3v) is 1.74. The fourth-order valence-corrected chi connectivity index (χ4v) is 1.05. The van der Waals surface area contributed by atoms with Crippen LogP contribution in [0.25, 0.3) is 0 Å². The first-order chi connectivity index (χ1) is 7.38. The van der Waals surface area contributed by atoms with E-state index in [9.17, 15) is 0 Å². The first-order valence-electron chi connectivity index (χ1n) is 4.40. The van der Waals surface area contributed by atoms with Crippen molar-refractivity contribution in [2.75, 3.05) is 5.43 Å². The number of nitrogens with one attached hydrogen (secondary N) is 1. The standard InChI is InChI=1S/C10H10N4O/c11-14-9-6-13-10(7-12-9)15-8-4-2-1-3-5-8/h1-7H,11H2,(H,12,14). The molecule has 0 aliphatic heterocycles. The van der Waals surface area contributed by atoms with Crippen molar-refractivity contribution in [1.29, 1.82) is 0 Å². The summed E-state index contributed by atoms with van der Waals surface area (Å²) in [6.45, 7) is 0. The van der Waals surface area contributed by atoms with Crippen LogP contribution in [0.5, 0.6) is 11.6 Å². The second-order valence-corrected chi connectivity index (χ2v) is 2.80. The normalized spacial score (nSPS) is 9.67. The van der Waals surface area contributed by atoms with E-state index < -0.39 is 0 Å². The maximum absolute atomic E-state index is 5.44. The van der Waals surface area contributed by atoms with Crippen molar-refractivity contribution in [3.63, 3.8) is 0 Å². The molecule has 0 fully saturated rings. The summed E-state index contributed by atoms with van der Waals surface area (Å²) in [7, 11) is 0. The van der Waals surface area contributed by atoms with Crippen LogP contribution in [0, 0.1) is 0 Å². The molecule has 0 radical (unpaired) electrons. The van der Waals surface area contributed by atoms with Crippen LogP contribution in [0.1, 0.15) is 0 Å². The molecule has 3 N–H and O–H groups in total. The fourth-order valence-electron chi connectivity index (χ4n) is 1.05. The molecule has 0 saturated carbocycles. The molecular formula is C10H10N4O. The Hall–Kier alpha value is -2.14. The van der Waals surface area contributed by atoms with Gasteiger partial charge in [-0.2, -0.15) is 0 Å². The number of nitrogen functional groups attached to an aromatic ring is 1. The third-order valence-electron chi connectivity index (χ3n) is 1.74. The van der Waals surface area contributed by atoms with Crippen molar-refractivity contribution < 1.29 is 4.74 Å². The maximum Gasteiger partial charge on any atom is 0.237 e. The first-order valence-corrected chi connectivity index (χ1v) is 4.40. The Kier molecular flexibility index (Phi) is 2.75. The van der Waals surface area contributed by atoms with E-state index in [0.29, 0.717) is 11.7 Å². The van der Waals surface area contributed by atoms with Gasteiger partial charge in [-0.1, -0.05) is 18.2 Å². The minimum absolute atomic E-state index is 0.431. The Morgan fingerprint density at radius 2 is 1.87 bits per heavy atom. The van der Waals surface area contributed by atoms with Gasteiger partial charge < -0.3 is 10.2 Å². The molecule has 76 valence electrons. The van der Waals surface area contributed by atoms with Crippen LogP contribution >= 0.6 is 0 Å². The van der Waals surface area contributed by atoms with Gasteiger partial charge in [0.1, 0.15) is 5.75 Å². The Bertz CT molecular complexity index is 415. The predicted octanol–water partition coefficient (Wildman–Crippen LogP) is 1.55. The van der Waals surface area contributed by atoms with Gasteiger partial charge in [0, 0.05) is 0 Å². The Labute approximate surface area is 86.9 Å². The number of ether oxygens (including phenoxy) is 1. The number of nitrogens with zero attached hydrogens (tertiary/aromatic N) is 2. The van der Waals surface area contributed by atoms with Crippen molar-refractivity contribution in [2.24, 2.45) is 5.84 Å². The van der Waals surface area contributed by atoms with E-state index in [1.54, 1.807) is 0 Å². The lowest BCUT2D eigenvalue weighted by atomic mass is 10.3. The van der Waals surface area contributed by atoms with Crippen molar-refractivity contribution >= 4 is 5.82 Å². The van der Waals surface area contributed by atoms with E-state index in [-0.39, 0.29) is 0 Å². The molecule has 0 unspecified atom stereocenters. The average Bonchev–Trinajstić information content (AvgIpc) is 2.31. The summed E-state index contributed by atoms with van der Waals surface area (Å²) < 4.78 is 5.44. The topological polar surface area (TPSA) is 73.1 Å². The number of hydrogen-bond donors (Lipinski definition) is 2. The molecule has 5 heteroatoms. The minimum atomic E-state index is 0.431. The summed E-state index contributed by atoms with van der Waals surface area (Å²) in [5.41, 5.74) is 2.39. The van der Waals surface area contributed by atoms with Gasteiger partial charge in [-0.25, -0.2) is 15.8 Å². The van der Waals surface area contributed by atoms with Gasteiger partial charge in [-0.3, -0.25) is 0 Å². The zero-order valence-electron chi connectivity index (χ0n) is 7.92. The highest BCUT2D eigenvalue weighted by Gasteiger charge is 1.98. The van der Waals surface area contributed by atoms with E-state index in [1.165, 1.54) is 12.4 Å². The van der Waals surface area contributed by atoms with Gasteiger partial charge in [0.2, 0.25) is 5.88 Å². The Balaban J connectivity index is 2.11. The van der Waals surface area contributed by atoms with E-state index in [4.69, 9.17) is 10.6 Å². The Morgan fingerprint density at radius 1 is 1.07 bits per heavy atom. The molecule has 2 rings (SSSR count). The quantitative estimate of drug-likeness (QED) is 0.583. The summed E-state index contributed by atoms with van der Waals surface area (Å²) in [6.07, 6.45) is 3.00. The fraction of sp³-hybridized carbons (Fsp3) is 0. The molecule has 0 aliphatic rings. The molecule has 0 aliphatic carbocycles. The number of rotatable bonds is 3. The Morgan fingerprint density at radius 3 is 2.47 bits per heavy atom. The minimum Gasteiger partial charge on any atom is -0.438 e. The molecule has 0 atom stereocenters. The number of para-hydroxylation sites is 1. The van der Waals surface area contributed by atoms with Crippen molar-refractivity contribution in [2.45, 2.75) is 0 Å². The largest absolute Gasteiger partial charge is 0.438 e. The number of hydrogen-bond acceptors (Lipinski definition) is 5. The van der Waals surface area contributed by atoms with Gasteiger partial charge in [0.15, 0.2) is 5.82 Å². The van der Waals surface area contributed by atoms with E-state index in [0.717, 1.165) is 5.75 Å². The van der Waals surface area contributed by atoms with Crippen molar-refractivity contribution in [3.05, 3.63) is 42.7 Å². The zero-order chi connectivity index (χ0) is 10.5. The number of nitrogens with two attached hydrogens (primary N) is 1. The van der Waals surface area contributed by atoms with Crippen LogP contribution in [-0.4, -0.2) is 9.97 Å². The molecule has 0 amide bonds. The highest BCUT2D eigenvalue weighted by atomic mass is 16.5. The SMILES string of the molecule is NNc1cnc(Oc2ccccc2)cn1. The van der Waals surface area contributed by atoms with Crippen LogP contribution in [0.2, 0.25) is 0 Å². The molecule has 0 bridgehead atoms. The number of benzene rings is 1. The van der Waals surface area contributed by atoms with E-state index in [1.807, 2.05) is 30.3 Å². The zero-order valence-corrected chi connectivity index (χ0v) is 7.92. The van der Waals surface area contributed by atoms with Crippen LogP contribution < -0.4 is 16.0 Å². The van der Waals surface area contributed by atoms with Crippen molar-refractivity contribution in [3.8, 4) is 11.6 Å².